The summed E-state index contributed by atoms with van der Waals surface area (Å²) in [4.78, 5) is 20.8. The fourth-order valence-corrected chi connectivity index (χ4v) is 3.59. The summed E-state index contributed by atoms with van der Waals surface area (Å²) in [7, 11) is 6.03. The minimum absolute atomic E-state index is 0.0630. The second kappa shape index (κ2) is 6.58. The van der Waals surface area contributed by atoms with Crippen LogP contribution in [0.15, 0.2) is 35.3 Å². The molecule has 1 aliphatic heterocycles. The van der Waals surface area contributed by atoms with Crippen LogP contribution in [0.25, 0.3) is 0 Å². The molecule has 124 valence electrons. The van der Waals surface area contributed by atoms with Crippen molar-refractivity contribution in [1.29, 1.82) is 0 Å². The lowest BCUT2D eigenvalue weighted by molar-refractivity contribution is 0.0607. The van der Waals surface area contributed by atoms with Crippen molar-refractivity contribution in [3.63, 3.8) is 0 Å². The Labute approximate surface area is 136 Å². The Hall–Kier alpha value is -2.08. The topological polar surface area (TPSA) is 54.5 Å². The van der Waals surface area contributed by atoms with Gasteiger partial charge < -0.3 is 13.9 Å². The van der Waals surface area contributed by atoms with Crippen molar-refractivity contribution in [2.75, 3.05) is 27.2 Å². The van der Waals surface area contributed by atoms with Gasteiger partial charge in [0.05, 0.1) is 24.3 Å². The fourth-order valence-electron chi connectivity index (χ4n) is 3.59. The lowest BCUT2D eigenvalue weighted by Crippen LogP contribution is -2.43. The van der Waals surface area contributed by atoms with Crippen LogP contribution in [-0.2, 0) is 7.05 Å². The van der Waals surface area contributed by atoms with Crippen LogP contribution in [0, 0.1) is 5.92 Å². The Morgan fingerprint density at radius 3 is 2.96 bits per heavy atom. The maximum absolute atomic E-state index is 12.4. The lowest BCUT2D eigenvalue weighted by atomic mass is 9.87. The van der Waals surface area contributed by atoms with Crippen molar-refractivity contribution in [2.24, 2.45) is 13.0 Å². The third kappa shape index (κ3) is 3.17. The molecule has 1 amide bonds. The first-order chi connectivity index (χ1) is 11.1. The van der Waals surface area contributed by atoms with Gasteiger partial charge in [0.1, 0.15) is 0 Å². The maximum atomic E-state index is 12.4. The first-order valence-electron chi connectivity index (χ1n) is 8.03. The second-order valence-electron chi connectivity index (χ2n) is 6.42. The highest BCUT2D eigenvalue weighted by atomic mass is 16.3. The molecule has 6 heteroatoms. The van der Waals surface area contributed by atoms with Gasteiger partial charge in [0.2, 0.25) is 0 Å². The summed E-state index contributed by atoms with van der Waals surface area (Å²) >= 11 is 0. The SMILES string of the molecule is CN(C[C@@H]1CCCN(C)[C@H]1c1cncn1C)C(=O)c1ccco1. The molecule has 2 aromatic rings. The van der Waals surface area contributed by atoms with Crippen LogP contribution in [0.4, 0.5) is 0 Å². The molecule has 0 aliphatic carbocycles. The van der Waals surface area contributed by atoms with E-state index in [4.69, 9.17) is 4.42 Å². The summed E-state index contributed by atoms with van der Waals surface area (Å²) in [5, 5.41) is 0. The van der Waals surface area contributed by atoms with Crippen LogP contribution in [-0.4, -0.2) is 52.4 Å². The average molecular weight is 316 g/mol. The number of nitrogens with zero attached hydrogens (tertiary/aromatic N) is 4. The normalized spacial score (nSPS) is 22.2. The van der Waals surface area contributed by atoms with Gasteiger partial charge in [-0.3, -0.25) is 9.69 Å². The summed E-state index contributed by atoms with van der Waals surface area (Å²) in [6.07, 6.45) is 7.57. The Morgan fingerprint density at radius 2 is 2.30 bits per heavy atom. The first kappa shape index (κ1) is 15.8. The molecule has 3 rings (SSSR count). The number of imidazole rings is 1. The number of carbonyl (C=O) groups is 1. The van der Waals surface area contributed by atoms with E-state index in [1.54, 1.807) is 17.0 Å². The highest BCUT2D eigenvalue weighted by Gasteiger charge is 2.34. The number of carbonyl (C=O) groups excluding carboxylic acids is 1. The van der Waals surface area contributed by atoms with Crippen LogP contribution < -0.4 is 0 Å². The molecule has 0 aromatic carbocycles. The van der Waals surface area contributed by atoms with Crippen molar-refractivity contribution in [3.05, 3.63) is 42.4 Å². The minimum Gasteiger partial charge on any atom is -0.459 e. The number of aryl methyl sites for hydroxylation is 1. The number of hydrogen-bond acceptors (Lipinski definition) is 4. The van der Waals surface area contributed by atoms with Crippen molar-refractivity contribution in [3.8, 4) is 0 Å². The van der Waals surface area contributed by atoms with Gasteiger partial charge in [-0.2, -0.15) is 0 Å². The van der Waals surface area contributed by atoms with Crippen LogP contribution in [0.3, 0.4) is 0 Å². The third-order valence-corrected chi connectivity index (χ3v) is 4.75. The molecule has 1 saturated heterocycles. The van der Waals surface area contributed by atoms with Crippen molar-refractivity contribution < 1.29 is 9.21 Å². The summed E-state index contributed by atoms with van der Waals surface area (Å²) in [6, 6.07) is 3.74. The average Bonchev–Trinajstić information content (AvgIpc) is 3.18. The molecular formula is C17H24N4O2. The third-order valence-electron chi connectivity index (χ3n) is 4.75. The standard InChI is InChI=1S/C17H24N4O2/c1-19-8-4-6-13(16(19)14-10-18-12-21(14)3)11-20(2)17(22)15-7-5-9-23-15/h5,7,9-10,12-13,16H,4,6,8,11H2,1-3H3/t13-,16+/m0/s1. The van der Waals surface area contributed by atoms with Crippen molar-refractivity contribution >= 4 is 5.91 Å². The zero-order valence-corrected chi connectivity index (χ0v) is 14.0. The predicted molar refractivity (Wildman–Crippen MR) is 87.0 cm³/mol. The lowest BCUT2D eigenvalue weighted by Gasteiger charge is -2.40. The highest BCUT2D eigenvalue weighted by Crippen LogP contribution is 2.35. The molecule has 1 fully saturated rings. The van der Waals surface area contributed by atoms with Gasteiger partial charge in [-0.25, -0.2) is 4.98 Å². The highest BCUT2D eigenvalue weighted by molar-refractivity contribution is 5.91. The quantitative estimate of drug-likeness (QED) is 0.867. The van der Waals surface area contributed by atoms with Gasteiger partial charge in [-0.05, 0) is 44.5 Å². The molecule has 3 heterocycles. The van der Waals surface area contributed by atoms with Gasteiger partial charge in [-0.1, -0.05) is 0 Å². The molecule has 6 nitrogen and oxygen atoms in total. The molecule has 0 unspecified atom stereocenters. The smallest absolute Gasteiger partial charge is 0.289 e. The molecule has 1 aliphatic rings. The summed E-state index contributed by atoms with van der Waals surface area (Å²) in [6.45, 7) is 1.78. The van der Waals surface area contributed by atoms with Crippen molar-refractivity contribution in [1.82, 2.24) is 19.4 Å². The van der Waals surface area contributed by atoms with E-state index in [2.05, 4.69) is 21.5 Å². The maximum Gasteiger partial charge on any atom is 0.289 e. The molecule has 0 radical (unpaired) electrons. The number of likely N-dealkylation sites (tertiary alicyclic amines) is 1. The van der Waals surface area contributed by atoms with E-state index in [0.717, 1.165) is 19.4 Å². The van der Waals surface area contributed by atoms with E-state index in [1.165, 1.54) is 12.0 Å². The molecule has 2 aromatic heterocycles. The molecule has 0 spiro atoms. The number of rotatable bonds is 4. The van der Waals surface area contributed by atoms with Crippen LogP contribution >= 0.6 is 0 Å². The molecular weight excluding hydrogens is 292 g/mol. The first-order valence-corrected chi connectivity index (χ1v) is 8.03. The predicted octanol–water partition coefficient (Wildman–Crippen LogP) is 2.17. The molecule has 0 N–H and O–H groups in total. The molecule has 23 heavy (non-hydrogen) atoms. The number of amides is 1. The van der Waals surface area contributed by atoms with E-state index < -0.39 is 0 Å². The van der Waals surface area contributed by atoms with Crippen LogP contribution in [0.2, 0.25) is 0 Å². The van der Waals surface area contributed by atoms with E-state index in [1.807, 2.05) is 26.6 Å². The fraction of sp³-hybridized carbons (Fsp3) is 0.529. The largest absolute Gasteiger partial charge is 0.459 e. The van der Waals surface area contributed by atoms with Gasteiger partial charge in [0, 0.05) is 26.8 Å². The number of aromatic nitrogens is 2. The van der Waals surface area contributed by atoms with Crippen molar-refractivity contribution in [2.45, 2.75) is 18.9 Å². The zero-order valence-electron chi connectivity index (χ0n) is 14.0. The van der Waals surface area contributed by atoms with Gasteiger partial charge in [-0.15, -0.1) is 0 Å². The van der Waals surface area contributed by atoms with E-state index in [0.29, 0.717) is 18.2 Å². The van der Waals surface area contributed by atoms with Crippen LogP contribution in [0.1, 0.15) is 35.1 Å². The number of furan rings is 1. The Kier molecular flexibility index (Phi) is 4.52. The Bertz CT molecular complexity index is 649. The summed E-state index contributed by atoms with van der Waals surface area (Å²) in [5.41, 5.74) is 1.20. The second-order valence-corrected chi connectivity index (χ2v) is 6.42. The van der Waals surface area contributed by atoms with E-state index in [9.17, 15) is 4.79 Å². The Morgan fingerprint density at radius 1 is 1.48 bits per heavy atom. The van der Waals surface area contributed by atoms with E-state index in [-0.39, 0.29) is 11.9 Å². The van der Waals surface area contributed by atoms with Crippen LogP contribution in [0.5, 0.6) is 0 Å². The molecule has 2 atom stereocenters. The summed E-state index contributed by atoms with van der Waals surface area (Å²) in [5.74, 6) is 0.716. The summed E-state index contributed by atoms with van der Waals surface area (Å²) < 4.78 is 7.31. The molecule has 0 saturated carbocycles. The number of piperidine rings is 1. The van der Waals surface area contributed by atoms with Gasteiger partial charge in [0.15, 0.2) is 5.76 Å². The van der Waals surface area contributed by atoms with Gasteiger partial charge >= 0.3 is 0 Å². The molecule has 0 bridgehead atoms. The zero-order chi connectivity index (χ0) is 16.4. The number of hydrogen-bond donors (Lipinski definition) is 0. The van der Waals surface area contributed by atoms with E-state index >= 15 is 0 Å². The van der Waals surface area contributed by atoms with Gasteiger partial charge in [0.25, 0.3) is 5.91 Å². The monoisotopic (exact) mass is 316 g/mol. The minimum atomic E-state index is -0.0630. The Balaban J connectivity index is 1.76.